The molecule has 5 heteroatoms. The Kier molecular flexibility index (Phi) is 2.54. The molecule has 1 atom stereocenters. The fourth-order valence-corrected chi connectivity index (χ4v) is 3.59. The van der Waals surface area contributed by atoms with Crippen LogP contribution in [0.25, 0.3) is 0 Å². The van der Waals surface area contributed by atoms with Crippen molar-refractivity contribution in [3.8, 4) is 0 Å². The molecule has 1 aromatic carbocycles. The summed E-state index contributed by atoms with van der Waals surface area (Å²) in [5.74, 6) is 5.01. The van der Waals surface area contributed by atoms with Crippen LogP contribution in [-0.2, 0) is 27.7 Å². The van der Waals surface area contributed by atoms with Gasteiger partial charge in [-0.2, -0.15) is 0 Å². The van der Waals surface area contributed by atoms with Crippen LogP contribution >= 0.6 is 0 Å². The van der Waals surface area contributed by atoms with Crippen molar-refractivity contribution in [2.45, 2.75) is 30.1 Å². The molecule has 0 aliphatic carbocycles. The minimum absolute atomic E-state index is 0.255. The van der Waals surface area contributed by atoms with Crippen LogP contribution < -0.4 is 5.90 Å². The standard InChI is InChI=1S/C10H13NO3S/c1-7-5-9-8(6-14-11)3-2-4-10(9)15(7,12)13/h2-4,7H,5-6,11H2,1H3. The Morgan fingerprint density at radius 1 is 1.53 bits per heavy atom. The molecular weight excluding hydrogens is 214 g/mol. The van der Waals surface area contributed by atoms with Gasteiger partial charge in [0, 0.05) is 0 Å². The maximum Gasteiger partial charge on any atom is 0.181 e. The van der Waals surface area contributed by atoms with Gasteiger partial charge in [-0.05, 0) is 30.5 Å². The zero-order chi connectivity index (χ0) is 11.1. The van der Waals surface area contributed by atoms with E-state index in [-0.39, 0.29) is 11.9 Å². The molecule has 82 valence electrons. The second-order valence-corrected chi connectivity index (χ2v) is 6.10. The van der Waals surface area contributed by atoms with Gasteiger partial charge >= 0.3 is 0 Å². The molecule has 1 aliphatic heterocycles. The molecule has 0 fully saturated rings. The number of nitrogens with two attached hydrogens (primary N) is 1. The minimum Gasteiger partial charge on any atom is -0.300 e. The Hall–Kier alpha value is -0.910. The Bertz CT molecular complexity index is 481. The van der Waals surface area contributed by atoms with Crippen LogP contribution in [-0.4, -0.2) is 13.7 Å². The van der Waals surface area contributed by atoms with Crippen molar-refractivity contribution >= 4 is 9.84 Å². The van der Waals surface area contributed by atoms with Crippen LogP contribution in [0, 0.1) is 0 Å². The lowest BCUT2D eigenvalue weighted by Crippen LogP contribution is -2.11. The number of rotatable bonds is 2. The zero-order valence-corrected chi connectivity index (χ0v) is 9.25. The van der Waals surface area contributed by atoms with E-state index >= 15 is 0 Å². The van der Waals surface area contributed by atoms with Crippen molar-refractivity contribution in [3.05, 3.63) is 29.3 Å². The third-order valence-electron chi connectivity index (χ3n) is 2.80. The number of sulfone groups is 1. The van der Waals surface area contributed by atoms with E-state index in [4.69, 9.17) is 5.90 Å². The van der Waals surface area contributed by atoms with Gasteiger partial charge < -0.3 is 0 Å². The lowest BCUT2D eigenvalue weighted by atomic mass is 10.0. The molecule has 1 heterocycles. The third kappa shape index (κ3) is 1.56. The number of fused-ring (bicyclic) bond motifs is 1. The highest BCUT2D eigenvalue weighted by Crippen LogP contribution is 2.33. The van der Waals surface area contributed by atoms with Crippen molar-refractivity contribution < 1.29 is 13.3 Å². The molecule has 1 unspecified atom stereocenters. The molecule has 4 nitrogen and oxygen atoms in total. The average Bonchev–Trinajstić information content (AvgIpc) is 2.41. The summed E-state index contributed by atoms with van der Waals surface area (Å²) >= 11 is 0. The summed E-state index contributed by atoms with van der Waals surface area (Å²) in [7, 11) is -3.12. The highest BCUT2D eigenvalue weighted by Gasteiger charge is 2.34. The summed E-state index contributed by atoms with van der Waals surface area (Å²) in [6.45, 7) is 1.98. The molecule has 0 amide bonds. The lowest BCUT2D eigenvalue weighted by molar-refractivity contribution is 0.123. The van der Waals surface area contributed by atoms with Gasteiger partial charge in [0.05, 0.1) is 16.8 Å². The highest BCUT2D eigenvalue weighted by atomic mass is 32.2. The highest BCUT2D eigenvalue weighted by molar-refractivity contribution is 7.92. The van der Waals surface area contributed by atoms with E-state index < -0.39 is 9.84 Å². The molecule has 1 aromatic rings. The van der Waals surface area contributed by atoms with E-state index in [1.807, 2.05) is 6.07 Å². The van der Waals surface area contributed by atoms with Crippen LogP contribution in [0.4, 0.5) is 0 Å². The summed E-state index contributed by atoms with van der Waals surface area (Å²) < 4.78 is 23.7. The summed E-state index contributed by atoms with van der Waals surface area (Å²) in [4.78, 5) is 5.00. The van der Waals surface area contributed by atoms with E-state index in [2.05, 4.69) is 4.84 Å². The van der Waals surface area contributed by atoms with Crippen LogP contribution in [0.3, 0.4) is 0 Å². The second kappa shape index (κ2) is 3.59. The van der Waals surface area contributed by atoms with Gasteiger partial charge in [-0.15, -0.1) is 0 Å². The summed E-state index contributed by atoms with van der Waals surface area (Å²) in [5, 5.41) is -0.341. The maximum atomic E-state index is 11.9. The molecule has 0 aromatic heterocycles. The predicted octanol–water partition coefficient (Wildman–Crippen LogP) is 0.795. The number of hydrogen-bond acceptors (Lipinski definition) is 4. The monoisotopic (exact) mass is 227 g/mol. The minimum atomic E-state index is -3.12. The Morgan fingerprint density at radius 3 is 2.93 bits per heavy atom. The SMILES string of the molecule is CC1Cc2c(CON)cccc2S1(=O)=O. The predicted molar refractivity (Wildman–Crippen MR) is 55.8 cm³/mol. The molecule has 0 saturated carbocycles. The van der Waals surface area contributed by atoms with E-state index in [0.29, 0.717) is 11.3 Å². The van der Waals surface area contributed by atoms with Crippen molar-refractivity contribution in [2.24, 2.45) is 5.90 Å². The van der Waals surface area contributed by atoms with Gasteiger partial charge in [-0.3, -0.25) is 4.84 Å². The fourth-order valence-electron chi connectivity index (χ4n) is 1.95. The number of hydrogen-bond donors (Lipinski definition) is 1. The molecular formula is C10H13NO3S. The lowest BCUT2D eigenvalue weighted by Gasteiger charge is -2.04. The zero-order valence-electron chi connectivity index (χ0n) is 8.43. The van der Waals surface area contributed by atoms with Gasteiger partial charge in [-0.25, -0.2) is 14.3 Å². The molecule has 0 saturated heterocycles. The van der Waals surface area contributed by atoms with Crippen LogP contribution in [0.5, 0.6) is 0 Å². The molecule has 2 rings (SSSR count). The maximum absolute atomic E-state index is 11.9. The van der Waals surface area contributed by atoms with E-state index in [9.17, 15) is 8.42 Å². The molecule has 2 N–H and O–H groups in total. The molecule has 15 heavy (non-hydrogen) atoms. The molecule has 0 radical (unpaired) electrons. The van der Waals surface area contributed by atoms with Crippen LogP contribution in [0.1, 0.15) is 18.1 Å². The van der Waals surface area contributed by atoms with Gasteiger partial charge in [0.1, 0.15) is 0 Å². The van der Waals surface area contributed by atoms with Gasteiger partial charge in [0.15, 0.2) is 9.84 Å². The second-order valence-electron chi connectivity index (χ2n) is 3.76. The number of benzene rings is 1. The van der Waals surface area contributed by atoms with Gasteiger partial charge in [0.25, 0.3) is 0 Å². The van der Waals surface area contributed by atoms with Crippen LogP contribution in [0.15, 0.2) is 23.1 Å². The van der Waals surface area contributed by atoms with Crippen molar-refractivity contribution in [3.63, 3.8) is 0 Å². The largest absolute Gasteiger partial charge is 0.300 e. The Labute approximate surface area is 88.9 Å². The van der Waals surface area contributed by atoms with E-state index in [1.165, 1.54) is 0 Å². The summed E-state index contributed by atoms with van der Waals surface area (Å²) in [6, 6.07) is 5.22. The smallest absolute Gasteiger partial charge is 0.181 e. The van der Waals surface area contributed by atoms with Crippen LogP contribution in [0.2, 0.25) is 0 Å². The summed E-state index contributed by atoms with van der Waals surface area (Å²) in [6.07, 6.45) is 0.553. The topological polar surface area (TPSA) is 69.4 Å². The van der Waals surface area contributed by atoms with E-state index in [1.54, 1.807) is 19.1 Å². The first-order chi connectivity index (χ1) is 7.07. The van der Waals surface area contributed by atoms with Crippen molar-refractivity contribution in [2.75, 3.05) is 0 Å². The first kappa shape index (κ1) is 10.6. The molecule has 0 spiro atoms. The molecule has 0 bridgehead atoms. The Morgan fingerprint density at radius 2 is 2.27 bits per heavy atom. The average molecular weight is 227 g/mol. The first-order valence-corrected chi connectivity index (χ1v) is 6.28. The molecule has 1 aliphatic rings. The van der Waals surface area contributed by atoms with Crippen molar-refractivity contribution in [1.82, 2.24) is 0 Å². The van der Waals surface area contributed by atoms with Gasteiger partial charge in [-0.1, -0.05) is 12.1 Å². The quantitative estimate of drug-likeness (QED) is 0.758. The first-order valence-electron chi connectivity index (χ1n) is 4.73. The van der Waals surface area contributed by atoms with Crippen molar-refractivity contribution in [1.29, 1.82) is 0 Å². The van der Waals surface area contributed by atoms with E-state index in [0.717, 1.165) is 11.1 Å². The normalized spacial score (nSPS) is 22.7. The third-order valence-corrected chi connectivity index (χ3v) is 5.02. The summed E-state index contributed by atoms with van der Waals surface area (Å²) in [5.41, 5.74) is 1.72. The Balaban J connectivity index is 2.58. The van der Waals surface area contributed by atoms with Gasteiger partial charge in [0.2, 0.25) is 0 Å². The fraction of sp³-hybridized carbons (Fsp3) is 0.400.